The first-order valence-electron chi connectivity index (χ1n) is 9.12. The molecule has 0 saturated heterocycles. The van der Waals surface area contributed by atoms with E-state index >= 15 is 0 Å². The number of hydrogen-bond donors (Lipinski definition) is 4. The van der Waals surface area contributed by atoms with Gasteiger partial charge >= 0.3 is 0 Å². The molecule has 148 valence electrons. The van der Waals surface area contributed by atoms with E-state index in [1.54, 1.807) is 19.9 Å². The number of carbonyl (C=O) groups excluding carboxylic acids is 2. The largest absolute Gasteiger partial charge is 0.396 e. The number of nitrogens with two attached hydrogens (primary N) is 1. The van der Waals surface area contributed by atoms with Crippen molar-refractivity contribution in [2.75, 3.05) is 13.2 Å². The molecule has 1 heterocycles. The second-order valence-corrected chi connectivity index (χ2v) is 7.79. The summed E-state index contributed by atoms with van der Waals surface area (Å²) in [5.41, 5.74) is 5.28. The summed E-state index contributed by atoms with van der Waals surface area (Å²) in [7, 11) is 0. The first-order valence-corrected chi connectivity index (χ1v) is 9.12. The average Bonchev–Trinajstić information content (AvgIpc) is 2.53. The topological polar surface area (TPSA) is 125 Å². The first kappa shape index (κ1) is 22.3. The van der Waals surface area contributed by atoms with Crippen LogP contribution in [0.3, 0.4) is 0 Å². The van der Waals surface area contributed by atoms with E-state index in [2.05, 4.69) is 10.3 Å². The normalized spacial score (nSPS) is 25.5. The summed E-state index contributed by atoms with van der Waals surface area (Å²) in [6.07, 6.45) is 1.58. The van der Waals surface area contributed by atoms with Crippen molar-refractivity contribution in [3.8, 4) is 0 Å². The van der Waals surface area contributed by atoms with Crippen LogP contribution in [0.5, 0.6) is 0 Å². The Labute approximate surface area is 155 Å². The highest BCUT2D eigenvalue weighted by atomic mass is 16.3. The summed E-state index contributed by atoms with van der Waals surface area (Å²) < 4.78 is 0. The predicted molar refractivity (Wildman–Crippen MR) is 102 cm³/mol. The smallest absolute Gasteiger partial charge is 0.253 e. The van der Waals surface area contributed by atoms with Gasteiger partial charge in [-0.15, -0.1) is 0 Å². The van der Waals surface area contributed by atoms with Crippen molar-refractivity contribution in [3.63, 3.8) is 0 Å². The molecule has 0 bridgehead atoms. The summed E-state index contributed by atoms with van der Waals surface area (Å²) in [6, 6.07) is -0.896. The van der Waals surface area contributed by atoms with Crippen molar-refractivity contribution in [2.24, 2.45) is 33.9 Å². The number of dihydropyridines is 1. The first-order chi connectivity index (χ1) is 12.0. The van der Waals surface area contributed by atoms with Gasteiger partial charge in [-0.05, 0) is 25.7 Å². The second kappa shape index (κ2) is 8.77. The molecule has 2 amide bonds. The predicted octanol–water partition coefficient (Wildman–Crippen LogP) is 0.645. The van der Waals surface area contributed by atoms with Gasteiger partial charge in [0.2, 0.25) is 5.91 Å². The van der Waals surface area contributed by atoms with Crippen LogP contribution in [0.4, 0.5) is 0 Å². The maximum atomic E-state index is 12.8. The highest BCUT2D eigenvalue weighted by Crippen LogP contribution is 2.42. The Bertz CT molecular complexity index is 598. The van der Waals surface area contributed by atoms with Crippen molar-refractivity contribution < 1.29 is 19.8 Å². The molecule has 0 aromatic rings. The quantitative estimate of drug-likeness (QED) is 0.502. The standard InChI is InChI=1S/C19H33N3O4/c1-10(2)15(8-23)19(18(20)26)7-14(12(5)21-13(19)6)17(25)22-16(9-24)11(3)4/h7,10-11,13,15-16,23-24H,8-9H2,1-6H3,(H2,20,26)(H,22,25)/t13?,15-,16+,19?/m0/s1. The Morgan fingerprint density at radius 3 is 2.19 bits per heavy atom. The lowest BCUT2D eigenvalue weighted by Gasteiger charge is -2.43. The fraction of sp³-hybridized carbons (Fsp3) is 0.737. The maximum absolute atomic E-state index is 12.8. The number of carbonyl (C=O) groups is 2. The van der Waals surface area contributed by atoms with Crippen molar-refractivity contribution in [1.29, 1.82) is 0 Å². The van der Waals surface area contributed by atoms with Crippen LogP contribution >= 0.6 is 0 Å². The van der Waals surface area contributed by atoms with Crippen molar-refractivity contribution in [2.45, 2.75) is 53.6 Å². The Balaban J connectivity index is 3.41. The van der Waals surface area contributed by atoms with Crippen molar-refractivity contribution >= 4 is 17.5 Å². The molecule has 5 N–H and O–H groups in total. The minimum atomic E-state index is -1.25. The third-order valence-electron chi connectivity index (χ3n) is 5.46. The molecule has 1 rings (SSSR count). The third kappa shape index (κ3) is 4.15. The number of rotatable bonds is 8. The van der Waals surface area contributed by atoms with Gasteiger partial charge in [-0.25, -0.2) is 0 Å². The van der Waals surface area contributed by atoms with Crippen LogP contribution < -0.4 is 11.1 Å². The van der Waals surface area contributed by atoms with E-state index in [0.29, 0.717) is 5.71 Å². The van der Waals surface area contributed by atoms with Gasteiger partial charge in [-0.3, -0.25) is 14.6 Å². The van der Waals surface area contributed by atoms with Crippen LogP contribution in [0.25, 0.3) is 0 Å². The number of nitrogens with zero attached hydrogens (tertiary/aromatic N) is 1. The lowest BCUT2D eigenvalue weighted by molar-refractivity contribution is -0.131. The highest BCUT2D eigenvalue weighted by Gasteiger charge is 2.50. The number of aliphatic hydroxyl groups is 2. The molecule has 7 heteroatoms. The van der Waals surface area contributed by atoms with E-state index in [0.717, 1.165) is 0 Å². The monoisotopic (exact) mass is 367 g/mol. The Morgan fingerprint density at radius 1 is 1.23 bits per heavy atom. The minimum Gasteiger partial charge on any atom is -0.396 e. The molecular weight excluding hydrogens is 334 g/mol. The zero-order valence-corrected chi connectivity index (χ0v) is 16.6. The molecule has 1 aliphatic heterocycles. The molecule has 4 atom stereocenters. The van der Waals surface area contributed by atoms with Crippen LogP contribution in [0.15, 0.2) is 16.6 Å². The van der Waals surface area contributed by atoms with Gasteiger partial charge in [0.15, 0.2) is 0 Å². The van der Waals surface area contributed by atoms with Crippen molar-refractivity contribution in [1.82, 2.24) is 5.32 Å². The van der Waals surface area contributed by atoms with Crippen LogP contribution in [0, 0.1) is 23.2 Å². The Morgan fingerprint density at radius 2 is 1.81 bits per heavy atom. The van der Waals surface area contributed by atoms with E-state index in [4.69, 9.17) is 5.73 Å². The van der Waals surface area contributed by atoms with Gasteiger partial charge < -0.3 is 21.3 Å². The summed E-state index contributed by atoms with van der Waals surface area (Å²) in [5.74, 6) is -1.47. The molecular formula is C19H33N3O4. The molecule has 1 aliphatic rings. The van der Waals surface area contributed by atoms with Crippen LogP contribution in [-0.2, 0) is 9.59 Å². The number of aliphatic hydroxyl groups excluding tert-OH is 2. The molecule has 26 heavy (non-hydrogen) atoms. The van der Waals surface area contributed by atoms with E-state index in [-0.39, 0.29) is 30.6 Å². The zero-order valence-electron chi connectivity index (χ0n) is 16.6. The lowest BCUT2D eigenvalue weighted by atomic mass is 9.63. The molecule has 0 aromatic heterocycles. The van der Waals surface area contributed by atoms with E-state index in [1.807, 2.05) is 27.7 Å². The number of aliphatic imine (C=N–C) groups is 1. The summed E-state index contributed by atoms with van der Waals surface area (Å²) >= 11 is 0. The minimum absolute atomic E-state index is 0.0371. The molecule has 2 unspecified atom stereocenters. The molecule has 0 aromatic carbocycles. The van der Waals surface area contributed by atoms with Crippen LogP contribution in [0.1, 0.15) is 41.5 Å². The Kier molecular flexibility index (Phi) is 7.53. The summed E-state index contributed by atoms with van der Waals surface area (Å²) in [6.45, 7) is 10.6. The summed E-state index contributed by atoms with van der Waals surface area (Å²) in [4.78, 5) is 29.8. The average molecular weight is 367 g/mol. The number of primary amides is 1. The fourth-order valence-corrected chi connectivity index (χ4v) is 3.62. The SMILES string of the molecule is CC1=NC(C)C(C(N)=O)([C@@H](CO)C(C)C)C=C1C(=O)N[C@H](CO)C(C)C. The number of nitrogens with one attached hydrogen (secondary N) is 1. The van der Waals surface area contributed by atoms with Gasteiger partial charge in [-0.2, -0.15) is 0 Å². The van der Waals surface area contributed by atoms with Gasteiger partial charge in [0, 0.05) is 18.2 Å². The fourth-order valence-electron chi connectivity index (χ4n) is 3.62. The van der Waals surface area contributed by atoms with E-state index in [1.165, 1.54) is 0 Å². The van der Waals surface area contributed by atoms with Gasteiger partial charge in [0.1, 0.15) is 0 Å². The summed E-state index contributed by atoms with van der Waals surface area (Å²) in [5, 5.41) is 22.2. The highest BCUT2D eigenvalue weighted by molar-refractivity contribution is 6.22. The van der Waals surface area contributed by atoms with Gasteiger partial charge in [0.25, 0.3) is 5.91 Å². The van der Waals surface area contributed by atoms with Crippen LogP contribution in [0.2, 0.25) is 0 Å². The molecule has 0 aliphatic carbocycles. The third-order valence-corrected chi connectivity index (χ3v) is 5.46. The van der Waals surface area contributed by atoms with Crippen LogP contribution in [-0.4, -0.2) is 53.0 Å². The maximum Gasteiger partial charge on any atom is 0.253 e. The van der Waals surface area contributed by atoms with E-state index < -0.39 is 35.2 Å². The second-order valence-electron chi connectivity index (χ2n) is 7.79. The number of amides is 2. The van der Waals surface area contributed by atoms with Gasteiger partial charge in [0.05, 0.1) is 29.7 Å². The Hall–Kier alpha value is -1.73. The molecule has 7 nitrogen and oxygen atoms in total. The van der Waals surface area contributed by atoms with E-state index in [9.17, 15) is 19.8 Å². The molecule has 0 fully saturated rings. The molecule has 0 radical (unpaired) electrons. The molecule has 0 spiro atoms. The number of hydrogen-bond acceptors (Lipinski definition) is 5. The lowest BCUT2D eigenvalue weighted by Crippen LogP contribution is -2.54. The van der Waals surface area contributed by atoms with Crippen molar-refractivity contribution in [3.05, 3.63) is 11.6 Å². The van der Waals surface area contributed by atoms with Gasteiger partial charge in [-0.1, -0.05) is 33.8 Å². The molecule has 0 saturated carbocycles. The zero-order chi connectivity index (χ0) is 20.2.